The van der Waals surface area contributed by atoms with Crippen LogP contribution in [-0.4, -0.2) is 27.9 Å². The van der Waals surface area contributed by atoms with Crippen LogP contribution in [0.1, 0.15) is 10.4 Å². The molecule has 0 unspecified atom stereocenters. The first-order valence-corrected chi connectivity index (χ1v) is 5.00. The molecule has 2 aromatic heterocycles. The highest BCUT2D eigenvalue weighted by Gasteiger charge is 2.06. The summed E-state index contributed by atoms with van der Waals surface area (Å²) in [5.41, 5.74) is 1.08. The number of nitrogens with zero attached hydrogens (tertiary/aromatic N) is 3. The Hall–Kier alpha value is -2.50. The van der Waals surface area contributed by atoms with E-state index in [0.29, 0.717) is 17.1 Å². The van der Waals surface area contributed by atoms with Crippen LogP contribution in [0.5, 0.6) is 0 Å². The van der Waals surface area contributed by atoms with Crippen LogP contribution in [0.3, 0.4) is 0 Å². The maximum absolute atomic E-state index is 11.9. The molecule has 0 atom stereocenters. The molecule has 0 aliphatic rings. The van der Waals surface area contributed by atoms with Crippen molar-refractivity contribution in [2.75, 3.05) is 17.7 Å². The van der Waals surface area contributed by atoms with Gasteiger partial charge < -0.3 is 10.6 Å². The number of anilines is 2. The second-order valence-corrected chi connectivity index (χ2v) is 3.26. The molecule has 86 valence electrons. The molecule has 0 fully saturated rings. The summed E-state index contributed by atoms with van der Waals surface area (Å²) in [4.78, 5) is 23.5. The van der Waals surface area contributed by atoms with E-state index in [2.05, 4.69) is 25.6 Å². The second kappa shape index (κ2) is 5.02. The highest BCUT2D eigenvalue weighted by Crippen LogP contribution is 2.09. The Kier molecular flexibility index (Phi) is 3.25. The van der Waals surface area contributed by atoms with Gasteiger partial charge in [-0.05, 0) is 12.1 Å². The van der Waals surface area contributed by atoms with E-state index in [1.807, 2.05) is 0 Å². The minimum Gasteiger partial charge on any atom is -0.373 e. The number of pyridine rings is 1. The predicted octanol–water partition coefficient (Wildman–Crippen LogP) is 1.17. The molecule has 0 aliphatic carbocycles. The third kappa shape index (κ3) is 2.75. The fraction of sp³-hybridized carbons (Fsp3) is 0.0909. The molecule has 2 N–H and O–H groups in total. The second-order valence-electron chi connectivity index (χ2n) is 3.26. The molecule has 0 saturated carbocycles. The van der Waals surface area contributed by atoms with Gasteiger partial charge in [-0.25, -0.2) is 15.0 Å². The van der Waals surface area contributed by atoms with E-state index in [1.54, 1.807) is 25.4 Å². The Labute approximate surface area is 98.1 Å². The lowest BCUT2D eigenvalue weighted by Gasteiger charge is -2.05. The van der Waals surface area contributed by atoms with Crippen molar-refractivity contribution in [1.82, 2.24) is 15.0 Å². The summed E-state index contributed by atoms with van der Waals surface area (Å²) < 4.78 is 0. The topological polar surface area (TPSA) is 79.8 Å². The maximum Gasteiger partial charge on any atom is 0.255 e. The van der Waals surface area contributed by atoms with Crippen LogP contribution in [0.2, 0.25) is 0 Å². The van der Waals surface area contributed by atoms with Crippen molar-refractivity contribution in [3.05, 3.63) is 42.6 Å². The summed E-state index contributed by atoms with van der Waals surface area (Å²) in [5, 5.41) is 5.56. The molecule has 2 rings (SSSR count). The largest absolute Gasteiger partial charge is 0.373 e. The summed E-state index contributed by atoms with van der Waals surface area (Å²) in [5.74, 6) is 0.417. The Morgan fingerprint density at radius 3 is 2.76 bits per heavy atom. The third-order valence-electron chi connectivity index (χ3n) is 2.10. The molecular formula is C11H11N5O. The Morgan fingerprint density at radius 1 is 1.29 bits per heavy atom. The number of hydrogen-bond donors (Lipinski definition) is 2. The zero-order valence-electron chi connectivity index (χ0n) is 9.21. The van der Waals surface area contributed by atoms with Crippen LogP contribution in [-0.2, 0) is 0 Å². The van der Waals surface area contributed by atoms with Crippen molar-refractivity contribution in [2.45, 2.75) is 0 Å². The number of carbonyl (C=O) groups excluding carboxylic acids is 1. The number of hydrogen-bond acceptors (Lipinski definition) is 5. The lowest BCUT2D eigenvalue weighted by molar-refractivity contribution is 0.102. The number of rotatable bonds is 3. The molecule has 2 aromatic rings. The van der Waals surface area contributed by atoms with Crippen LogP contribution in [0, 0.1) is 0 Å². The highest BCUT2D eigenvalue weighted by molar-refractivity contribution is 6.04. The van der Waals surface area contributed by atoms with E-state index in [-0.39, 0.29) is 5.91 Å². The van der Waals surface area contributed by atoms with E-state index in [9.17, 15) is 4.79 Å². The number of amides is 1. The molecule has 6 nitrogen and oxygen atoms in total. The van der Waals surface area contributed by atoms with Gasteiger partial charge in [-0.15, -0.1) is 0 Å². The standard InChI is InChI=1S/C11H11N5O/c1-12-10-4-8(2-3-15-10)11(17)16-9-5-13-7-14-6-9/h2-7H,1H3,(H,12,15)(H,16,17). The predicted molar refractivity (Wildman–Crippen MR) is 63.8 cm³/mol. The van der Waals surface area contributed by atoms with Crippen LogP contribution < -0.4 is 10.6 Å². The van der Waals surface area contributed by atoms with Crippen molar-refractivity contribution in [3.63, 3.8) is 0 Å². The minimum absolute atomic E-state index is 0.223. The van der Waals surface area contributed by atoms with E-state index < -0.39 is 0 Å². The molecule has 0 aliphatic heterocycles. The van der Waals surface area contributed by atoms with Gasteiger partial charge in [0.2, 0.25) is 0 Å². The average Bonchev–Trinajstić information content (AvgIpc) is 2.40. The molecule has 0 spiro atoms. The van der Waals surface area contributed by atoms with Gasteiger partial charge in [0.15, 0.2) is 0 Å². The van der Waals surface area contributed by atoms with Gasteiger partial charge in [-0.2, -0.15) is 0 Å². The first-order valence-electron chi connectivity index (χ1n) is 5.00. The van der Waals surface area contributed by atoms with Gasteiger partial charge in [0, 0.05) is 18.8 Å². The van der Waals surface area contributed by atoms with Gasteiger partial charge >= 0.3 is 0 Å². The summed E-state index contributed by atoms with van der Waals surface area (Å²) in [7, 11) is 1.75. The number of carbonyl (C=O) groups is 1. The molecular weight excluding hydrogens is 218 g/mol. The summed E-state index contributed by atoms with van der Waals surface area (Å²) in [6.07, 6.45) is 6.04. The van der Waals surface area contributed by atoms with E-state index in [1.165, 1.54) is 18.7 Å². The molecule has 0 saturated heterocycles. The van der Waals surface area contributed by atoms with Crippen molar-refractivity contribution < 1.29 is 4.79 Å². The van der Waals surface area contributed by atoms with E-state index >= 15 is 0 Å². The van der Waals surface area contributed by atoms with E-state index in [4.69, 9.17) is 0 Å². The number of nitrogens with one attached hydrogen (secondary N) is 2. The first-order chi connectivity index (χ1) is 8.29. The van der Waals surface area contributed by atoms with Crippen molar-refractivity contribution in [2.24, 2.45) is 0 Å². The zero-order chi connectivity index (χ0) is 12.1. The van der Waals surface area contributed by atoms with Gasteiger partial charge in [-0.3, -0.25) is 4.79 Å². The maximum atomic E-state index is 11.9. The molecule has 1 amide bonds. The summed E-state index contributed by atoms with van der Waals surface area (Å²) >= 11 is 0. The van der Waals surface area contributed by atoms with E-state index in [0.717, 1.165) is 0 Å². The Bertz CT molecular complexity index is 514. The molecule has 6 heteroatoms. The monoisotopic (exact) mass is 229 g/mol. The molecule has 0 aromatic carbocycles. The molecule has 0 bridgehead atoms. The molecule has 2 heterocycles. The van der Waals surface area contributed by atoms with Gasteiger partial charge in [0.05, 0.1) is 18.1 Å². The number of aromatic nitrogens is 3. The normalized spacial score (nSPS) is 9.71. The Balaban J connectivity index is 2.14. The third-order valence-corrected chi connectivity index (χ3v) is 2.10. The summed E-state index contributed by atoms with van der Waals surface area (Å²) in [6.45, 7) is 0. The Morgan fingerprint density at radius 2 is 2.06 bits per heavy atom. The SMILES string of the molecule is CNc1cc(C(=O)Nc2cncnc2)ccn1. The van der Waals surface area contributed by atoms with Gasteiger partial charge in [0.1, 0.15) is 12.1 Å². The van der Waals surface area contributed by atoms with Gasteiger partial charge in [0.25, 0.3) is 5.91 Å². The van der Waals surface area contributed by atoms with Gasteiger partial charge in [-0.1, -0.05) is 0 Å². The van der Waals surface area contributed by atoms with Crippen LogP contribution in [0.25, 0.3) is 0 Å². The average molecular weight is 229 g/mol. The van der Waals surface area contributed by atoms with Crippen molar-refractivity contribution in [3.8, 4) is 0 Å². The minimum atomic E-state index is -0.223. The smallest absolute Gasteiger partial charge is 0.255 e. The zero-order valence-corrected chi connectivity index (χ0v) is 9.21. The van der Waals surface area contributed by atoms with Crippen LogP contribution >= 0.6 is 0 Å². The fourth-order valence-corrected chi connectivity index (χ4v) is 1.28. The lowest BCUT2D eigenvalue weighted by atomic mass is 10.2. The summed E-state index contributed by atoms with van der Waals surface area (Å²) in [6, 6.07) is 3.30. The van der Waals surface area contributed by atoms with Crippen molar-refractivity contribution >= 4 is 17.4 Å². The highest BCUT2D eigenvalue weighted by atomic mass is 16.1. The van der Waals surface area contributed by atoms with Crippen LogP contribution in [0.4, 0.5) is 11.5 Å². The molecule has 17 heavy (non-hydrogen) atoms. The fourth-order valence-electron chi connectivity index (χ4n) is 1.28. The first kappa shape index (κ1) is 11.0. The van der Waals surface area contributed by atoms with Crippen molar-refractivity contribution in [1.29, 1.82) is 0 Å². The molecule has 0 radical (unpaired) electrons. The lowest BCUT2D eigenvalue weighted by Crippen LogP contribution is -2.12. The quantitative estimate of drug-likeness (QED) is 0.825. The van der Waals surface area contributed by atoms with Crippen LogP contribution in [0.15, 0.2) is 37.1 Å².